The van der Waals surface area contributed by atoms with Crippen LogP contribution in [0.1, 0.15) is 24.1 Å². The highest BCUT2D eigenvalue weighted by Gasteiger charge is 2.30. The van der Waals surface area contributed by atoms with Crippen molar-refractivity contribution >= 4 is 5.69 Å². The maximum Gasteiger partial charge on any atom is 0.416 e. The van der Waals surface area contributed by atoms with Crippen LogP contribution in [0.5, 0.6) is 0 Å². The van der Waals surface area contributed by atoms with Gasteiger partial charge in [-0.05, 0) is 36.8 Å². The molecule has 0 aliphatic carbocycles. The number of nitrogens with one attached hydrogen (secondary N) is 1. The zero-order chi connectivity index (χ0) is 13.9. The van der Waals surface area contributed by atoms with Crippen LogP contribution < -0.4 is 5.32 Å². The third-order valence-electron chi connectivity index (χ3n) is 2.76. The van der Waals surface area contributed by atoms with E-state index in [2.05, 4.69) is 10.3 Å². The van der Waals surface area contributed by atoms with Gasteiger partial charge in [-0.25, -0.2) is 0 Å². The molecule has 19 heavy (non-hydrogen) atoms. The van der Waals surface area contributed by atoms with Crippen LogP contribution in [0.25, 0.3) is 0 Å². The predicted octanol–water partition coefficient (Wildman–Crippen LogP) is 4.27. The molecule has 0 fully saturated rings. The molecule has 0 aliphatic rings. The zero-order valence-electron chi connectivity index (χ0n) is 10.3. The van der Waals surface area contributed by atoms with Gasteiger partial charge in [0.15, 0.2) is 0 Å². The molecule has 0 saturated carbocycles. The Bertz CT molecular complexity index is 538. The summed E-state index contributed by atoms with van der Waals surface area (Å²) in [4.78, 5) is 3.98. The van der Waals surface area contributed by atoms with Gasteiger partial charge < -0.3 is 5.32 Å². The van der Waals surface area contributed by atoms with Gasteiger partial charge in [-0.3, -0.25) is 4.98 Å². The van der Waals surface area contributed by atoms with Crippen LogP contribution >= 0.6 is 0 Å². The number of anilines is 1. The zero-order valence-corrected chi connectivity index (χ0v) is 10.3. The Morgan fingerprint density at radius 2 is 1.95 bits per heavy atom. The Hall–Kier alpha value is -2.04. The summed E-state index contributed by atoms with van der Waals surface area (Å²) < 4.78 is 37.8. The topological polar surface area (TPSA) is 24.9 Å². The average Bonchev–Trinajstić information content (AvgIpc) is 2.39. The number of nitrogens with zero attached hydrogens (tertiary/aromatic N) is 1. The lowest BCUT2D eigenvalue weighted by Crippen LogP contribution is -2.09. The minimum absolute atomic E-state index is 0.114. The molecule has 1 atom stereocenters. The van der Waals surface area contributed by atoms with E-state index >= 15 is 0 Å². The first-order valence-corrected chi connectivity index (χ1v) is 5.80. The molecule has 0 bridgehead atoms. The molecular weight excluding hydrogens is 253 g/mol. The Morgan fingerprint density at radius 3 is 2.58 bits per heavy atom. The fourth-order valence-corrected chi connectivity index (χ4v) is 1.75. The Labute approximate surface area is 109 Å². The molecule has 0 aliphatic heterocycles. The van der Waals surface area contributed by atoms with Crippen molar-refractivity contribution in [2.75, 3.05) is 5.32 Å². The molecule has 100 valence electrons. The smallest absolute Gasteiger partial charge is 0.378 e. The molecule has 1 unspecified atom stereocenters. The minimum Gasteiger partial charge on any atom is -0.378 e. The fourth-order valence-electron chi connectivity index (χ4n) is 1.75. The Kier molecular flexibility index (Phi) is 3.74. The van der Waals surface area contributed by atoms with Crippen LogP contribution in [0.4, 0.5) is 18.9 Å². The van der Waals surface area contributed by atoms with Gasteiger partial charge in [0, 0.05) is 18.1 Å². The Morgan fingerprint density at radius 1 is 1.16 bits per heavy atom. The molecule has 1 N–H and O–H groups in total. The normalized spacial score (nSPS) is 13.1. The highest BCUT2D eigenvalue weighted by atomic mass is 19.4. The molecule has 5 heteroatoms. The summed E-state index contributed by atoms with van der Waals surface area (Å²) in [5, 5.41) is 3.03. The second-order valence-electron chi connectivity index (χ2n) is 4.23. The van der Waals surface area contributed by atoms with E-state index in [1.807, 2.05) is 13.0 Å². The van der Waals surface area contributed by atoms with Crippen molar-refractivity contribution in [2.45, 2.75) is 19.1 Å². The number of rotatable bonds is 3. The number of pyridine rings is 1. The summed E-state index contributed by atoms with van der Waals surface area (Å²) in [6.45, 7) is 1.87. The number of aromatic nitrogens is 1. The van der Waals surface area contributed by atoms with Crippen LogP contribution in [0.3, 0.4) is 0 Å². The lowest BCUT2D eigenvalue weighted by molar-refractivity contribution is -0.137. The van der Waals surface area contributed by atoms with Crippen molar-refractivity contribution in [1.29, 1.82) is 0 Å². The lowest BCUT2D eigenvalue weighted by Gasteiger charge is -2.16. The molecule has 1 aromatic carbocycles. The molecule has 0 saturated heterocycles. The van der Waals surface area contributed by atoms with E-state index < -0.39 is 11.7 Å². The SMILES string of the molecule is CC(Nc1cccc(C(F)(F)F)c1)c1cccnc1. The standard InChI is InChI=1S/C14H13F3N2/c1-10(11-4-3-7-18-9-11)19-13-6-2-5-12(8-13)14(15,16)17/h2-10,19H,1H3. The molecule has 0 radical (unpaired) electrons. The van der Waals surface area contributed by atoms with E-state index in [4.69, 9.17) is 0 Å². The van der Waals surface area contributed by atoms with Crippen LogP contribution in [0.2, 0.25) is 0 Å². The largest absolute Gasteiger partial charge is 0.416 e. The summed E-state index contributed by atoms with van der Waals surface area (Å²) in [5.41, 5.74) is 0.696. The summed E-state index contributed by atoms with van der Waals surface area (Å²) in [6.07, 6.45) is -0.985. The van der Waals surface area contributed by atoms with Gasteiger partial charge in [-0.1, -0.05) is 12.1 Å². The maximum atomic E-state index is 12.6. The lowest BCUT2D eigenvalue weighted by atomic mass is 10.1. The van der Waals surface area contributed by atoms with Crippen LogP contribution in [-0.2, 0) is 6.18 Å². The second-order valence-corrected chi connectivity index (χ2v) is 4.23. The van der Waals surface area contributed by atoms with E-state index in [1.54, 1.807) is 24.5 Å². The molecule has 2 nitrogen and oxygen atoms in total. The van der Waals surface area contributed by atoms with E-state index in [-0.39, 0.29) is 6.04 Å². The van der Waals surface area contributed by atoms with Gasteiger partial charge >= 0.3 is 6.18 Å². The fraction of sp³-hybridized carbons (Fsp3) is 0.214. The van der Waals surface area contributed by atoms with Crippen molar-refractivity contribution in [3.8, 4) is 0 Å². The van der Waals surface area contributed by atoms with Gasteiger partial charge in [0.25, 0.3) is 0 Å². The van der Waals surface area contributed by atoms with Crippen molar-refractivity contribution in [3.63, 3.8) is 0 Å². The van der Waals surface area contributed by atoms with Crippen molar-refractivity contribution < 1.29 is 13.2 Å². The number of alkyl halides is 3. The van der Waals surface area contributed by atoms with Crippen LogP contribution in [0, 0.1) is 0 Å². The number of hydrogen-bond donors (Lipinski definition) is 1. The summed E-state index contributed by atoms with van der Waals surface area (Å²) in [5.74, 6) is 0. The summed E-state index contributed by atoms with van der Waals surface area (Å²) in [6, 6.07) is 8.71. The molecule has 1 heterocycles. The van der Waals surface area contributed by atoms with Crippen LogP contribution in [-0.4, -0.2) is 4.98 Å². The molecule has 2 aromatic rings. The van der Waals surface area contributed by atoms with Crippen molar-refractivity contribution in [1.82, 2.24) is 4.98 Å². The third kappa shape index (κ3) is 3.47. The van der Waals surface area contributed by atoms with E-state index in [9.17, 15) is 13.2 Å². The van der Waals surface area contributed by atoms with E-state index in [0.717, 1.165) is 17.7 Å². The Balaban J connectivity index is 2.16. The first-order valence-electron chi connectivity index (χ1n) is 5.80. The van der Waals surface area contributed by atoms with Gasteiger partial charge in [-0.2, -0.15) is 13.2 Å². The quantitative estimate of drug-likeness (QED) is 0.897. The van der Waals surface area contributed by atoms with Gasteiger partial charge in [-0.15, -0.1) is 0 Å². The van der Waals surface area contributed by atoms with Crippen molar-refractivity contribution in [3.05, 3.63) is 59.9 Å². The predicted molar refractivity (Wildman–Crippen MR) is 67.7 cm³/mol. The van der Waals surface area contributed by atoms with Crippen molar-refractivity contribution in [2.24, 2.45) is 0 Å². The number of benzene rings is 1. The highest BCUT2D eigenvalue weighted by Crippen LogP contribution is 2.31. The first-order chi connectivity index (χ1) is 8.97. The highest BCUT2D eigenvalue weighted by molar-refractivity contribution is 5.48. The van der Waals surface area contributed by atoms with Gasteiger partial charge in [0.2, 0.25) is 0 Å². The second kappa shape index (κ2) is 5.30. The number of halogens is 3. The van der Waals surface area contributed by atoms with Crippen LogP contribution in [0.15, 0.2) is 48.8 Å². The molecular formula is C14H13F3N2. The molecule has 0 spiro atoms. The van der Waals surface area contributed by atoms with Gasteiger partial charge in [0.05, 0.1) is 11.6 Å². The monoisotopic (exact) mass is 266 g/mol. The summed E-state index contributed by atoms with van der Waals surface area (Å²) in [7, 11) is 0. The first kappa shape index (κ1) is 13.4. The third-order valence-corrected chi connectivity index (χ3v) is 2.76. The minimum atomic E-state index is -4.32. The number of hydrogen-bond acceptors (Lipinski definition) is 2. The van der Waals surface area contributed by atoms with E-state index in [1.165, 1.54) is 6.07 Å². The maximum absolute atomic E-state index is 12.6. The van der Waals surface area contributed by atoms with E-state index in [0.29, 0.717) is 5.69 Å². The van der Waals surface area contributed by atoms with Gasteiger partial charge in [0.1, 0.15) is 0 Å². The molecule has 0 amide bonds. The summed E-state index contributed by atoms with van der Waals surface area (Å²) >= 11 is 0. The molecule has 1 aromatic heterocycles. The average molecular weight is 266 g/mol. The molecule has 2 rings (SSSR count).